The molecule has 0 aromatic heterocycles. The second kappa shape index (κ2) is 4.63. The van der Waals surface area contributed by atoms with Crippen molar-refractivity contribution in [1.82, 2.24) is 0 Å². The summed E-state index contributed by atoms with van der Waals surface area (Å²) in [7, 11) is 0. The van der Waals surface area contributed by atoms with E-state index in [1.165, 1.54) is 6.20 Å². The van der Waals surface area contributed by atoms with Gasteiger partial charge in [0.05, 0.1) is 0 Å². The van der Waals surface area contributed by atoms with Crippen molar-refractivity contribution in [2.24, 2.45) is 10.7 Å². The molecule has 0 spiro atoms. The number of allylic oxidation sites excluding steroid dienone is 1. The van der Waals surface area contributed by atoms with Crippen LogP contribution in [0.2, 0.25) is 0 Å². The third kappa shape index (κ3) is 2.48. The van der Waals surface area contributed by atoms with Gasteiger partial charge in [-0.05, 0) is 12.1 Å². The van der Waals surface area contributed by atoms with Gasteiger partial charge < -0.3 is 5.73 Å². The van der Waals surface area contributed by atoms with Crippen molar-refractivity contribution in [3.8, 4) is 11.8 Å². The van der Waals surface area contributed by atoms with Crippen molar-refractivity contribution in [1.29, 1.82) is 0 Å². The number of aliphatic imine (C=N–C) groups is 1. The quantitative estimate of drug-likeness (QED) is 0.659. The lowest BCUT2D eigenvalue weighted by Crippen LogP contribution is -2.27. The molecule has 16 heavy (non-hydrogen) atoms. The van der Waals surface area contributed by atoms with Gasteiger partial charge in [-0.2, -0.15) is 0 Å². The Kier molecular flexibility index (Phi) is 3.02. The normalized spacial score (nSPS) is 19.2. The fourth-order valence-electron chi connectivity index (χ4n) is 1.34. The maximum Gasteiger partial charge on any atom is 0.162 e. The molecule has 1 aromatic rings. The summed E-state index contributed by atoms with van der Waals surface area (Å²) in [5, 5.41) is 0. The maximum atomic E-state index is 13.2. The first kappa shape index (κ1) is 10.4. The molecule has 1 heterocycles. The van der Waals surface area contributed by atoms with Gasteiger partial charge in [0.2, 0.25) is 0 Å². The highest BCUT2D eigenvalue weighted by atomic mass is 19.1. The van der Waals surface area contributed by atoms with E-state index in [-0.39, 0.29) is 12.3 Å². The summed E-state index contributed by atoms with van der Waals surface area (Å²) in [6, 6.07) is 9.55. The minimum absolute atomic E-state index is 0.0326. The molecule has 1 aliphatic rings. The van der Waals surface area contributed by atoms with Crippen LogP contribution in [0.25, 0.3) is 0 Å². The molecule has 1 unspecified atom stereocenters. The van der Waals surface area contributed by atoms with Crippen molar-refractivity contribution >= 4 is 5.84 Å². The highest BCUT2D eigenvalue weighted by Gasteiger charge is 2.16. The van der Waals surface area contributed by atoms with E-state index in [0.717, 1.165) is 5.56 Å². The van der Waals surface area contributed by atoms with Gasteiger partial charge >= 0.3 is 0 Å². The van der Waals surface area contributed by atoms with E-state index >= 15 is 0 Å². The van der Waals surface area contributed by atoms with E-state index in [1.54, 1.807) is 0 Å². The lowest BCUT2D eigenvalue weighted by molar-refractivity contribution is 0.418. The molecule has 2 N–H and O–H groups in total. The summed E-state index contributed by atoms with van der Waals surface area (Å²) in [5.74, 6) is 5.88. The molecule has 1 aromatic carbocycles. The zero-order chi connectivity index (χ0) is 11.4. The van der Waals surface area contributed by atoms with Crippen LogP contribution < -0.4 is 5.73 Å². The van der Waals surface area contributed by atoms with Gasteiger partial charge in [0.1, 0.15) is 5.84 Å². The van der Waals surface area contributed by atoms with Crippen LogP contribution in [0.1, 0.15) is 12.0 Å². The number of nitrogens with zero attached hydrogens (tertiary/aromatic N) is 1. The largest absolute Gasteiger partial charge is 0.385 e. The average molecular weight is 214 g/mol. The highest BCUT2D eigenvalue weighted by Crippen LogP contribution is 2.13. The first-order chi connectivity index (χ1) is 7.75. The van der Waals surface area contributed by atoms with Crippen molar-refractivity contribution in [2.75, 3.05) is 0 Å². The standard InChI is InChI=1S/C13H11FN2/c14-12-8-11(9-16-13(12)15)7-6-10-4-2-1-3-5-10/h1-5,9,12H,8H2,(H2,15,16). The Morgan fingerprint density at radius 3 is 2.69 bits per heavy atom. The highest BCUT2D eigenvalue weighted by molar-refractivity contribution is 5.86. The van der Waals surface area contributed by atoms with Gasteiger partial charge in [0.25, 0.3) is 0 Å². The summed E-state index contributed by atoms with van der Waals surface area (Å²) in [4.78, 5) is 3.76. The molecule has 1 aliphatic heterocycles. The van der Waals surface area contributed by atoms with Crippen LogP contribution in [0, 0.1) is 11.8 Å². The Labute approximate surface area is 93.7 Å². The van der Waals surface area contributed by atoms with Crippen LogP contribution in [0.4, 0.5) is 4.39 Å². The molecule has 0 saturated heterocycles. The number of nitrogens with two attached hydrogens (primary N) is 1. The van der Waals surface area contributed by atoms with Crippen molar-refractivity contribution < 1.29 is 4.39 Å². The number of alkyl halides is 1. The molecule has 3 heteroatoms. The van der Waals surface area contributed by atoms with Crippen LogP contribution in [0.5, 0.6) is 0 Å². The van der Waals surface area contributed by atoms with Crippen LogP contribution in [0.15, 0.2) is 47.1 Å². The second-order valence-corrected chi connectivity index (χ2v) is 3.50. The Balaban J connectivity index is 2.15. The summed E-state index contributed by atoms with van der Waals surface area (Å²) in [6.45, 7) is 0. The van der Waals surface area contributed by atoms with E-state index in [1.807, 2.05) is 30.3 Å². The molecule has 2 rings (SSSR count). The minimum atomic E-state index is -1.20. The van der Waals surface area contributed by atoms with E-state index in [2.05, 4.69) is 16.8 Å². The minimum Gasteiger partial charge on any atom is -0.385 e. The summed E-state index contributed by atoms with van der Waals surface area (Å²) >= 11 is 0. The summed E-state index contributed by atoms with van der Waals surface area (Å²) in [6.07, 6.45) is 0.543. The smallest absolute Gasteiger partial charge is 0.162 e. The predicted octanol–water partition coefficient (Wildman–Crippen LogP) is 2.02. The molecule has 0 aliphatic carbocycles. The fraction of sp³-hybridized carbons (Fsp3) is 0.154. The summed E-state index contributed by atoms with van der Waals surface area (Å²) < 4.78 is 13.2. The van der Waals surface area contributed by atoms with Crippen molar-refractivity contribution in [2.45, 2.75) is 12.6 Å². The Morgan fingerprint density at radius 2 is 2.00 bits per heavy atom. The van der Waals surface area contributed by atoms with Gasteiger partial charge in [-0.1, -0.05) is 30.0 Å². The first-order valence-corrected chi connectivity index (χ1v) is 4.99. The van der Waals surface area contributed by atoms with E-state index in [4.69, 9.17) is 5.73 Å². The molecule has 0 radical (unpaired) electrons. The third-order valence-corrected chi connectivity index (χ3v) is 2.23. The number of rotatable bonds is 0. The van der Waals surface area contributed by atoms with Crippen LogP contribution in [-0.4, -0.2) is 12.0 Å². The molecule has 0 saturated carbocycles. The molecule has 0 bridgehead atoms. The molecule has 0 amide bonds. The number of amidine groups is 1. The third-order valence-electron chi connectivity index (χ3n) is 2.23. The molecular formula is C13H11FN2. The second-order valence-electron chi connectivity index (χ2n) is 3.50. The lowest BCUT2D eigenvalue weighted by Gasteiger charge is -2.10. The Morgan fingerprint density at radius 1 is 1.25 bits per heavy atom. The molecule has 80 valence electrons. The fourth-order valence-corrected chi connectivity index (χ4v) is 1.34. The van der Waals surface area contributed by atoms with Gasteiger partial charge in [0, 0.05) is 23.8 Å². The average Bonchev–Trinajstić information content (AvgIpc) is 2.32. The van der Waals surface area contributed by atoms with E-state index in [0.29, 0.717) is 5.57 Å². The SMILES string of the molecule is NC1=NC=C(C#Cc2ccccc2)CC1F. The lowest BCUT2D eigenvalue weighted by atomic mass is 10.1. The summed E-state index contributed by atoms with van der Waals surface area (Å²) in [5.41, 5.74) is 6.91. The van der Waals surface area contributed by atoms with Crippen molar-refractivity contribution in [3.05, 3.63) is 47.7 Å². The molecule has 2 nitrogen and oxygen atoms in total. The molecular weight excluding hydrogens is 203 g/mol. The van der Waals surface area contributed by atoms with Gasteiger partial charge in [-0.3, -0.25) is 0 Å². The predicted molar refractivity (Wildman–Crippen MR) is 62.5 cm³/mol. The van der Waals surface area contributed by atoms with Crippen LogP contribution >= 0.6 is 0 Å². The number of hydrogen-bond donors (Lipinski definition) is 1. The first-order valence-electron chi connectivity index (χ1n) is 4.99. The zero-order valence-electron chi connectivity index (χ0n) is 8.65. The van der Waals surface area contributed by atoms with Crippen molar-refractivity contribution in [3.63, 3.8) is 0 Å². The van der Waals surface area contributed by atoms with Crippen LogP contribution in [-0.2, 0) is 0 Å². The molecule has 0 fully saturated rings. The van der Waals surface area contributed by atoms with Gasteiger partial charge in [-0.25, -0.2) is 9.38 Å². The number of benzene rings is 1. The number of hydrogen-bond acceptors (Lipinski definition) is 2. The monoisotopic (exact) mass is 214 g/mol. The van der Waals surface area contributed by atoms with Gasteiger partial charge in [0.15, 0.2) is 6.17 Å². The van der Waals surface area contributed by atoms with Crippen LogP contribution in [0.3, 0.4) is 0 Å². The van der Waals surface area contributed by atoms with E-state index in [9.17, 15) is 4.39 Å². The number of halogens is 1. The maximum absolute atomic E-state index is 13.2. The Hall–Kier alpha value is -2.08. The molecule has 1 atom stereocenters. The zero-order valence-corrected chi connectivity index (χ0v) is 8.65. The van der Waals surface area contributed by atoms with Gasteiger partial charge in [-0.15, -0.1) is 0 Å². The topological polar surface area (TPSA) is 38.4 Å². The Bertz CT molecular complexity index is 492. The van der Waals surface area contributed by atoms with E-state index < -0.39 is 6.17 Å².